The lowest BCUT2D eigenvalue weighted by Crippen LogP contribution is -2.09. The first-order valence-corrected chi connectivity index (χ1v) is 11.2. The zero-order chi connectivity index (χ0) is 22.2. The smallest absolute Gasteiger partial charge is 0.306 e. The molecule has 4 heteroatoms. The van der Waals surface area contributed by atoms with Crippen molar-refractivity contribution in [2.24, 2.45) is 0 Å². The van der Waals surface area contributed by atoms with Gasteiger partial charge in [0.25, 0.3) is 0 Å². The van der Waals surface area contributed by atoms with E-state index in [1.807, 2.05) is 18.2 Å². The zero-order valence-electron chi connectivity index (χ0n) is 18.8. The van der Waals surface area contributed by atoms with Gasteiger partial charge in [-0.1, -0.05) is 42.5 Å². The van der Waals surface area contributed by atoms with E-state index < -0.39 is 0 Å². The van der Waals surface area contributed by atoms with E-state index in [2.05, 4.69) is 50.2 Å². The van der Waals surface area contributed by atoms with Gasteiger partial charge in [-0.2, -0.15) is 0 Å². The van der Waals surface area contributed by atoms with Crippen LogP contribution in [-0.2, 0) is 16.0 Å². The number of esters is 1. The Morgan fingerprint density at radius 1 is 1.03 bits per heavy atom. The number of hydrogen-bond donors (Lipinski definition) is 0. The van der Waals surface area contributed by atoms with Gasteiger partial charge < -0.3 is 14.2 Å². The molecule has 32 heavy (non-hydrogen) atoms. The number of hydrogen-bond acceptors (Lipinski definition) is 4. The van der Waals surface area contributed by atoms with E-state index in [0.717, 1.165) is 29.9 Å². The molecule has 2 atom stereocenters. The lowest BCUT2D eigenvalue weighted by molar-refractivity contribution is -0.141. The molecule has 0 saturated heterocycles. The highest BCUT2D eigenvalue weighted by Crippen LogP contribution is 2.42. The fourth-order valence-electron chi connectivity index (χ4n) is 5.07. The molecular weight excluding hydrogens is 400 g/mol. The van der Waals surface area contributed by atoms with Crippen molar-refractivity contribution in [3.8, 4) is 22.6 Å². The first-order valence-electron chi connectivity index (χ1n) is 11.2. The van der Waals surface area contributed by atoms with E-state index in [1.54, 1.807) is 0 Å². The largest absolute Gasteiger partial charge is 0.492 e. The third-order valence-electron chi connectivity index (χ3n) is 6.72. The average molecular weight is 429 g/mol. The van der Waals surface area contributed by atoms with Gasteiger partial charge in [0.2, 0.25) is 0 Å². The van der Waals surface area contributed by atoms with Gasteiger partial charge in [0, 0.05) is 17.5 Å². The molecule has 164 valence electrons. The molecule has 4 nitrogen and oxygen atoms in total. The maximum Gasteiger partial charge on any atom is 0.306 e. The summed E-state index contributed by atoms with van der Waals surface area (Å²) in [6.07, 6.45) is 2.36. The van der Waals surface area contributed by atoms with Gasteiger partial charge in [-0.3, -0.25) is 4.79 Å². The molecule has 0 saturated carbocycles. The summed E-state index contributed by atoms with van der Waals surface area (Å²) in [5.74, 6) is 1.44. The molecule has 0 aromatic heterocycles. The third kappa shape index (κ3) is 3.75. The first-order chi connectivity index (χ1) is 15.5. The molecule has 1 aliphatic heterocycles. The Labute approximate surface area is 189 Å². The number of carbonyl (C=O) groups excluding carboxylic acids is 1. The summed E-state index contributed by atoms with van der Waals surface area (Å²) >= 11 is 0. The molecule has 5 rings (SSSR count). The number of ether oxygens (including phenoxy) is 3. The van der Waals surface area contributed by atoms with Crippen LogP contribution in [0.25, 0.3) is 11.1 Å². The monoisotopic (exact) mass is 428 g/mol. The molecular formula is C28H28O4. The predicted molar refractivity (Wildman–Crippen MR) is 124 cm³/mol. The van der Waals surface area contributed by atoms with Crippen molar-refractivity contribution in [1.29, 1.82) is 0 Å². The minimum absolute atomic E-state index is 0.0435. The second-order valence-electron chi connectivity index (χ2n) is 8.81. The van der Waals surface area contributed by atoms with Crippen molar-refractivity contribution >= 4 is 5.97 Å². The lowest BCUT2D eigenvalue weighted by atomic mass is 9.93. The fraction of sp³-hybridized carbons (Fsp3) is 0.321. The zero-order valence-corrected chi connectivity index (χ0v) is 18.8. The summed E-state index contributed by atoms with van der Waals surface area (Å²) in [7, 11) is 1.42. The molecule has 0 fully saturated rings. The van der Waals surface area contributed by atoms with Gasteiger partial charge in [-0.25, -0.2) is 0 Å². The number of aryl methyl sites for hydroxylation is 3. The van der Waals surface area contributed by atoms with Crippen molar-refractivity contribution < 1.29 is 19.0 Å². The highest BCUT2D eigenvalue weighted by Gasteiger charge is 2.29. The van der Waals surface area contributed by atoms with E-state index in [0.29, 0.717) is 13.0 Å². The van der Waals surface area contributed by atoms with Crippen LogP contribution in [0, 0.1) is 13.8 Å². The standard InChI is InChI=1S/C28H28O4/c1-17-5-4-6-18(2)28(17)20-7-10-23-19(13-20)8-12-25(23)32-22-9-11-24-21(14-27(29)30-3)16-31-26(24)15-22/h4-7,9-11,13,15,21,25H,8,12,14,16H2,1-3H3/t21-,25-/m1/s1. The maximum absolute atomic E-state index is 11.6. The fourth-order valence-corrected chi connectivity index (χ4v) is 5.07. The van der Waals surface area contributed by atoms with Gasteiger partial charge in [-0.15, -0.1) is 0 Å². The normalized spacial score (nSPS) is 18.6. The van der Waals surface area contributed by atoms with Crippen LogP contribution < -0.4 is 9.47 Å². The SMILES string of the molecule is COC(=O)C[C@@H]1COc2cc(O[C@@H]3CCc4cc(-c5c(C)cccc5C)ccc43)ccc21. The van der Waals surface area contributed by atoms with Gasteiger partial charge in [0.15, 0.2) is 0 Å². The van der Waals surface area contributed by atoms with Crippen LogP contribution in [-0.4, -0.2) is 19.7 Å². The molecule has 0 spiro atoms. The lowest BCUT2D eigenvalue weighted by Gasteiger charge is -2.17. The van der Waals surface area contributed by atoms with Crippen LogP contribution in [0.3, 0.4) is 0 Å². The second-order valence-corrected chi connectivity index (χ2v) is 8.81. The molecule has 3 aromatic rings. The Morgan fingerprint density at radius 2 is 1.81 bits per heavy atom. The Morgan fingerprint density at radius 3 is 2.59 bits per heavy atom. The molecule has 0 amide bonds. The maximum atomic E-state index is 11.6. The van der Waals surface area contributed by atoms with E-state index in [-0.39, 0.29) is 18.0 Å². The van der Waals surface area contributed by atoms with Crippen LogP contribution in [0.4, 0.5) is 0 Å². The van der Waals surface area contributed by atoms with E-state index in [1.165, 1.54) is 40.5 Å². The summed E-state index contributed by atoms with van der Waals surface area (Å²) < 4.78 is 17.0. The summed E-state index contributed by atoms with van der Waals surface area (Å²) in [6.45, 7) is 4.85. The second kappa shape index (κ2) is 8.34. The minimum Gasteiger partial charge on any atom is -0.492 e. The molecule has 0 unspecified atom stereocenters. The Kier molecular flexibility index (Phi) is 5.38. The van der Waals surface area contributed by atoms with Crippen LogP contribution in [0.5, 0.6) is 11.5 Å². The van der Waals surface area contributed by atoms with Crippen LogP contribution in [0.2, 0.25) is 0 Å². The number of benzene rings is 3. The van der Waals surface area contributed by atoms with E-state index in [9.17, 15) is 4.79 Å². The molecule has 3 aromatic carbocycles. The van der Waals surface area contributed by atoms with E-state index >= 15 is 0 Å². The minimum atomic E-state index is -0.213. The highest BCUT2D eigenvalue weighted by molar-refractivity contribution is 5.72. The molecule has 1 heterocycles. The van der Waals surface area contributed by atoms with Gasteiger partial charge in [0.05, 0.1) is 20.1 Å². The number of carbonyl (C=O) groups is 1. The van der Waals surface area contributed by atoms with E-state index in [4.69, 9.17) is 14.2 Å². The number of methoxy groups -OCH3 is 1. The Bertz CT molecular complexity index is 1160. The third-order valence-corrected chi connectivity index (χ3v) is 6.72. The Balaban J connectivity index is 1.34. The quantitative estimate of drug-likeness (QED) is 0.462. The highest BCUT2D eigenvalue weighted by atomic mass is 16.5. The molecule has 0 N–H and O–H groups in total. The van der Waals surface area contributed by atoms with Crippen molar-refractivity contribution in [3.05, 3.63) is 82.4 Å². The molecule has 0 radical (unpaired) electrons. The summed E-state index contributed by atoms with van der Waals surface area (Å²) in [5.41, 5.74) is 8.90. The molecule has 1 aliphatic carbocycles. The predicted octanol–water partition coefficient (Wildman–Crippen LogP) is 6.08. The summed E-state index contributed by atoms with van der Waals surface area (Å²) in [5, 5.41) is 0. The van der Waals surface area contributed by atoms with Gasteiger partial charge in [-0.05, 0) is 66.1 Å². The summed E-state index contributed by atoms with van der Waals surface area (Å²) in [6, 6.07) is 19.2. The topological polar surface area (TPSA) is 44.8 Å². The Hall–Kier alpha value is -3.27. The van der Waals surface area contributed by atoms with Crippen molar-refractivity contribution in [1.82, 2.24) is 0 Å². The van der Waals surface area contributed by atoms with Crippen molar-refractivity contribution in [2.45, 2.75) is 45.1 Å². The van der Waals surface area contributed by atoms with Crippen LogP contribution in [0.15, 0.2) is 54.6 Å². The first kappa shape index (κ1) is 20.6. The number of rotatable bonds is 5. The van der Waals surface area contributed by atoms with Gasteiger partial charge in [0.1, 0.15) is 17.6 Å². The van der Waals surface area contributed by atoms with Crippen LogP contribution in [0.1, 0.15) is 52.7 Å². The van der Waals surface area contributed by atoms with Crippen molar-refractivity contribution in [2.75, 3.05) is 13.7 Å². The summed E-state index contributed by atoms with van der Waals surface area (Å²) in [4.78, 5) is 11.6. The average Bonchev–Trinajstić information content (AvgIpc) is 3.37. The van der Waals surface area contributed by atoms with Gasteiger partial charge >= 0.3 is 5.97 Å². The van der Waals surface area contributed by atoms with Crippen molar-refractivity contribution in [3.63, 3.8) is 0 Å². The molecule has 2 aliphatic rings. The van der Waals surface area contributed by atoms with Crippen LogP contribution >= 0.6 is 0 Å². The number of fused-ring (bicyclic) bond motifs is 2. The molecule has 0 bridgehead atoms.